The van der Waals surface area contributed by atoms with E-state index in [-0.39, 0.29) is 17.4 Å². The standard InChI is InChI=1S/C11H16N2O4/c1-7(3-4-12)8-5-9(13(15)16)11(14)10(6-8)17-2/h5-7,14H,3-4,12H2,1-2H3. The average Bonchev–Trinajstić information content (AvgIpc) is 2.29. The Hall–Kier alpha value is -1.82. The van der Waals surface area contributed by atoms with Gasteiger partial charge in [0.25, 0.3) is 0 Å². The molecule has 0 amide bonds. The summed E-state index contributed by atoms with van der Waals surface area (Å²) in [6, 6.07) is 2.96. The van der Waals surface area contributed by atoms with E-state index in [9.17, 15) is 15.2 Å². The van der Waals surface area contributed by atoms with Crippen LogP contribution in [-0.2, 0) is 0 Å². The molecule has 1 rings (SSSR count). The second-order valence-electron chi connectivity index (χ2n) is 3.83. The molecule has 0 heterocycles. The summed E-state index contributed by atoms with van der Waals surface area (Å²) in [5.41, 5.74) is 5.84. The van der Waals surface area contributed by atoms with Gasteiger partial charge in [-0.3, -0.25) is 10.1 Å². The van der Waals surface area contributed by atoms with Crippen LogP contribution in [0.1, 0.15) is 24.8 Å². The van der Waals surface area contributed by atoms with E-state index in [1.165, 1.54) is 13.2 Å². The lowest BCUT2D eigenvalue weighted by atomic mass is 9.97. The number of ether oxygens (including phenoxy) is 1. The highest BCUT2D eigenvalue weighted by atomic mass is 16.6. The maximum atomic E-state index is 10.8. The number of nitro benzene ring substituents is 1. The Kier molecular flexibility index (Phi) is 4.28. The molecular formula is C11H16N2O4. The van der Waals surface area contributed by atoms with Gasteiger partial charge < -0.3 is 15.6 Å². The zero-order valence-corrected chi connectivity index (χ0v) is 9.84. The molecule has 0 aliphatic heterocycles. The summed E-state index contributed by atoms with van der Waals surface area (Å²) in [7, 11) is 1.36. The predicted octanol–water partition coefficient (Wildman–Crippen LogP) is 1.76. The first-order valence-electron chi connectivity index (χ1n) is 5.26. The van der Waals surface area contributed by atoms with Crippen molar-refractivity contribution < 1.29 is 14.8 Å². The van der Waals surface area contributed by atoms with Gasteiger partial charge >= 0.3 is 5.69 Å². The quantitative estimate of drug-likeness (QED) is 0.603. The zero-order valence-electron chi connectivity index (χ0n) is 9.84. The molecule has 0 spiro atoms. The number of nitrogens with two attached hydrogens (primary N) is 1. The van der Waals surface area contributed by atoms with Crippen LogP contribution in [-0.4, -0.2) is 23.7 Å². The van der Waals surface area contributed by atoms with Crippen LogP contribution in [0.15, 0.2) is 12.1 Å². The zero-order chi connectivity index (χ0) is 13.0. The largest absolute Gasteiger partial charge is 0.500 e. The minimum Gasteiger partial charge on any atom is -0.500 e. The molecule has 0 aliphatic rings. The van der Waals surface area contributed by atoms with Crippen molar-refractivity contribution in [3.63, 3.8) is 0 Å². The maximum Gasteiger partial charge on any atom is 0.314 e. The van der Waals surface area contributed by atoms with Crippen molar-refractivity contribution in [2.75, 3.05) is 13.7 Å². The van der Waals surface area contributed by atoms with Crippen LogP contribution in [0.4, 0.5) is 5.69 Å². The fraction of sp³-hybridized carbons (Fsp3) is 0.455. The number of benzene rings is 1. The summed E-state index contributed by atoms with van der Waals surface area (Å²) >= 11 is 0. The third-order valence-corrected chi connectivity index (χ3v) is 2.66. The Morgan fingerprint density at radius 2 is 2.24 bits per heavy atom. The van der Waals surface area contributed by atoms with Crippen LogP contribution in [0.25, 0.3) is 0 Å². The van der Waals surface area contributed by atoms with Gasteiger partial charge in [0.2, 0.25) is 5.75 Å². The summed E-state index contributed by atoms with van der Waals surface area (Å²) in [6.07, 6.45) is 0.713. The molecule has 1 atom stereocenters. The molecule has 94 valence electrons. The molecule has 3 N–H and O–H groups in total. The Labute approximate surface area is 99.2 Å². The van der Waals surface area contributed by atoms with Crippen molar-refractivity contribution >= 4 is 5.69 Å². The molecule has 0 saturated heterocycles. The lowest BCUT2D eigenvalue weighted by Crippen LogP contribution is -2.05. The van der Waals surface area contributed by atoms with E-state index in [4.69, 9.17) is 10.5 Å². The monoisotopic (exact) mass is 240 g/mol. The van der Waals surface area contributed by atoms with Crippen LogP contribution in [0.5, 0.6) is 11.5 Å². The average molecular weight is 240 g/mol. The van der Waals surface area contributed by atoms with E-state index in [1.807, 2.05) is 6.92 Å². The van der Waals surface area contributed by atoms with E-state index >= 15 is 0 Å². The van der Waals surface area contributed by atoms with Crippen molar-refractivity contribution in [2.24, 2.45) is 5.73 Å². The van der Waals surface area contributed by atoms with Gasteiger partial charge in [-0.05, 0) is 30.5 Å². The molecule has 0 fully saturated rings. The van der Waals surface area contributed by atoms with Gasteiger partial charge in [0, 0.05) is 6.07 Å². The van der Waals surface area contributed by atoms with Crippen molar-refractivity contribution in [1.29, 1.82) is 0 Å². The van der Waals surface area contributed by atoms with E-state index in [0.29, 0.717) is 13.0 Å². The maximum absolute atomic E-state index is 10.8. The molecule has 0 aromatic heterocycles. The third-order valence-electron chi connectivity index (χ3n) is 2.66. The molecule has 17 heavy (non-hydrogen) atoms. The van der Waals surface area contributed by atoms with E-state index in [1.54, 1.807) is 6.07 Å². The van der Waals surface area contributed by atoms with Gasteiger partial charge in [0.1, 0.15) is 0 Å². The van der Waals surface area contributed by atoms with Crippen molar-refractivity contribution in [3.8, 4) is 11.5 Å². The number of nitro groups is 1. The third kappa shape index (κ3) is 2.85. The minimum absolute atomic E-state index is 0.0770. The first-order valence-corrected chi connectivity index (χ1v) is 5.26. The highest BCUT2D eigenvalue weighted by molar-refractivity contribution is 5.57. The number of methoxy groups -OCH3 is 1. The Balaban J connectivity index is 3.24. The number of hydrogen-bond donors (Lipinski definition) is 2. The van der Waals surface area contributed by atoms with Gasteiger partial charge in [0.05, 0.1) is 12.0 Å². The molecule has 1 unspecified atom stereocenters. The number of phenols is 1. The van der Waals surface area contributed by atoms with Crippen LogP contribution < -0.4 is 10.5 Å². The smallest absolute Gasteiger partial charge is 0.314 e. The number of rotatable bonds is 5. The number of nitrogens with zero attached hydrogens (tertiary/aromatic N) is 1. The molecule has 1 aromatic rings. The summed E-state index contributed by atoms with van der Waals surface area (Å²) in [5, 5.41) is 20.4. The van der Waals surface area contributed by atoms with Crippen molar-refractivity contribution in [2.45, 2.75) is 19.3 Å². The van der Waals surface area contributed by atoms with E-state index in [0.717, 1.165) is 5.56 Å². The van der Waals surface area contributed by atoms with Crippen LogP contribution in [0, 0.1) is 10.1 Å². The minimum atomic E-state index is -0.628. The summed E-state index contributed by atoms with van der Waals surface area (Å²) in [5.74, 6) is -0.257. The number of aromatic hydroxyl groups is 1. The lowest BCUT2D eigenvalue weighted by molar-refractivity contribution is -0.386. The van der Waals surface area contributed by atoms with Gasteiger partial charge in [0.15, 0.2) is 5.75 Å². The highest BCUT2D eigenvalue weighted by Gasteiger charge is 2.21. The van der Waals surface area contributed by atoms with Crippen LogP contribution in [0.3, 0.4) is 0 Å². The molecular weight excluding hydrogens is 224 g/mol. The second kappa shape index (κ2) is 5.49. The van der Waals surface area contributed by atoms with Gasteiger partial charge in [-0.1, -0.05) is 6.92 Å². The lowest BCUT2D eigenvalue weighted by Gasteiger charge is -2.12. The molecule has 6 nitrogen and oxygen atoms in total. The van der Waals surface area contributed by atoms with Crippen molar-refractivity contribution in [1.82, 2.24) is 0 Å². The Morgan fingerprint density at radius 3 is 2.71 bits per heavy atom. The van der Waals surface area contributed by atoms with Gasteiger partial charge in [-0.25, -0.2) is 0 Å². The molecule has 0 aliphatic carbocycles. The second-order valence-corrected chi connectivity index (χ2v) is 3.83. The fourth-order valence-electron chi connectivity index (χ4n) is 1.61. The predicted molar refractivity (Wildman–Crippen MR) is 63.4 cm³/mol. The van der Waals surface area contributed by atoms with Crippen LogP contribution >= 0.6 is 0 Å². The topological polar surface area (TPSA) is 98.6 Å². The number of phenolic OH excluding ortho intramolecular Hbond substituents is 1. The first-order chi connectivity index (χ1) is 8.01. The first kappa shape index (κ1) is 13.2. The number of hydrogen-bond acceptors (Lipinski definition) is 5. The molecule has 0 radical (unpaired) electrons. The summed E-state index contributed by atoms with van der Waals surface area (Å²) in [6.45, 7) is 2.42. The van der Waals surface area contributed by atoms with E-state index < -0.39 is 10.7 Å². The molecule has 6 heteroatoms. The Morgan fingerprint density at radius 1 is 1.59 bits per heavy atom. The van der Waals surface area contributed by atoms with Gasteiger partial charge in [-0.15, -0.1) is 0 Å². The van der Waals surface area contributed by atoms with Gasteiger partial charge in [-0.2, -0.15) is 0 Å². The molecule has 1 aromatic carbocycles. The highest BCUT2D eigenvalue weighted by Crippen LogP contribution is 2.39. The molecule has 0 saturated carbocycles. The SMILES string of the molecule is COc1cc(C(C)CCN)cc([N+](=O)[O-])c1O. The fourth-order valence-corrected chi connectivity index (χ4v) is 1.61. The van der Waals surface area contributed by atoms with Crippen LogP contribution in [0.2, 0.25) is 0 Å². The normalized spacial score (nSPS) is 12.2. The van der Waals surface area contributed by atoms with Crippen molar-refractivity contribution in [3.05, 3.63) is 27.8 Å². The summed E-state index contributed by atoms with van der Waals surface area (Å²) in [4.78, 5) is 10.2. The van der Waals surface area contributed by atoms with E-state index in [2.05, 4.69) is 0 Å². The summed E-state index contributed by atoms with van der Waals surface area (Å²) < 4.78 is 4.92. The Bertz CT molecular complexity index is 420. The molecule has 0 bridgehead atoms.